The third kappa shape index (κ3) is 6.57. The average Bonchev–Trinajstić information content (AvgIpc) is 2.63. The number of hydrogen-bond acceptors (Lipinski definition) is 7. The van der Waals surface area contributed by atoms with Gasteiger partial charge in [-0.1, -0.05) is 18.2 Å². The first-order valence-corrected chi connectivity index (χ1v) is 10.8. The molecule has 0 radical (unpaired) electrons. The highest BCUT2D eigenvalue weighted by Gasteiger charge is 2.18. The zero-order chi connectivity index (χ0) is 19.9. The van der Waals surface area contributed by atoms with Crippen LogP contribution < -0.4 is 10.6 Å². The van der Waals surface area contributed by atoms with E-state index in [2.05, 4.69) is 10.6 Å². The summed E-state index contributed by atoms with van der Waals surface area (Å²) < 4.78 is 23.1. The van der Waals surface area contributed by atoms with E-state index < -0.39 is 14.8 Å². The van der Waals surface area contributed by atoms with Gasteiger partial charge >= 0.3 is 0 Å². The maximum Gasteiger partial charge on any atom is 0.293 e. The van der Waals surface area contributed by atoms with Gasteiger partial charge in [-0.3, -0.25) is 14.9 Å². The van der Waals surface area contributed by atoms with Crippen LogP contribution in [0.25, 0.3) is 0 Å². The van der Waals surface area contributed by atoms with Crippen molar-refractivity contribution in [2.45, 2.75) is 9.79 Å². The van der Waals surface area contributed by atoms with Crippen LogP contribution in [-0.4, -0.2) is 44.3 Å². The summed E-state index contributed by atoms with van der Waals surface area (Å²) in [5.74, 6) is 0.125. The zero-order valence-corrected chi connectivity index (χ0v) is 16.2. The Morgan fingerprint density at radius 1 is 1.15 bits per heavy atom. The van der Waals surface area contributed by atoms with Crippen molar-refractivity contribution in [3.8, 4) is 0 Å². The van der Waals surface area contributed by atoms with Crippen molar-refractivity contribution in [3.05, 3.63) is 58.6 Å². The second kappa shape index (κ2) is 9.38. The monoisotopic (exact) mass is 409 g/mol. The summed E-state index contributed by atoms with van der Waals surface area (Å²) in [7, 11) is -3.53. The summed E-state index contributed by atoms with van der Waals surface area (Å²) in [5.41, 5.74) is -0.135. The Labute approximate surface area is 161 Å². The summed E-state index contributed by atoms with van der Waals surface area (Å²) in [6.45, 7) is 0.542. The van der Waals surface area contributed by atoms with Crippen LogP contribution in [0.2, 0.25) is 0 Å². The molecule has 1 amide bonds. The molecule has 0 aromatic heterocycles. The number of hydrogen-bond donors (Lipinski definition) is 2. The molecule has 8 nitrogen and oxygen atoms in total. The molecule has 2 aromatic rings. The fourth-order valence-electron chi connectivity index (χ4n) is 2.16. The van der Waals surface area contributed by atoms with E-state index in [4.69, 9.17) is 0 Å². The van der Waals surface area contributed by atoms with Crippen LogP contribution in [0.5, 0.6) is 0 Å². The van der Waals surface area contributed by atoms with Gasteiger partial charge in [0.2, 0.25) is 5.91 Å². The normalized spacial score (nSPS) is 11.0. The van der Waals surface area contributed by atoms with E-state index in [0.29, 0.717) is 0 Å². The number of anilines is 1. The van der Waals surface area contributed by atoms with Crippen LogP contribution in [0.3, 0.4) is 0 Å². The minimum atomic E-state index is -3.53. The zero-order valence-electron chi connectivity index (χ0n) is 14.5. The van der Waals surface area contributed by atoms with Gasteiger partial charge in [0, 0.05) is 30.3 Å². The fraction of sp³-hybridized carbons (Fsp3) is 0.235. The smallest absolute Gasteiger partial charge is 0.293 e. The number of carbonyl (C=O) groups excluding carboxylic acids is 1. The number of amides is 1. The molecule has 0 aliphatic carbocycles. The number of nitro benzene ring substituents is 1. The number of nitrogens with zero attached hydrogens (tertiary/aromatic N) is 1. The lowest BCUT2D eigenvalue weighted by atomic mass is 10.2. The van der Waals surface area contributed by atoms with Crippen LogP contribution in [-0.2, 0) is 14.6 Å². The van der Waals surface area contributed by atoms with Crippen molar-refractivity contribution in [2.75, 3.05) is 30.4 Å². The Morgan fingerprint density at radius 3 is 2.48 bits per heavy atom. The van der Waals surface area contributed by atoms with Crippen molar-refractivity contribution < 1.29 is 18.1 Å². The first-order valence-electron chi connectivity index (χ1n) is 7.94. The Bertz CT molecular complexity index is 917. The minimum Gasteiger partial charge on any atom is -0.378 e. The van der Waals surface area contributed by atoms with Gasteiger partial charge in [-0.15, -0.1) is 11.8 Å². The molecule has 0 heterocycles. The molecule has 0 saturated heterocycles. The molecule has 0 bridgehead atoms. The molecule has 0 fully saturated rings. The third-order valence-corrected chi connectivity index (χ3v) is 5.59. The van der Waals surface area contributed by atoms with Gasteiger partial charge in [0.15, 0.2) is 9.84 Å². The van der Waals surface area contributed by atoms with Gasteiger partial charge in [0.05, 0.1) is 15.6 Å². The fourth-order valence-corrected chi connectivity index (χ4v) is 3.55. The van der Waals surface area contributed by atoms with Crippen molar-refractivity contribution in [2.24, 2.45) is 0 Å². The minimum absolute atomic E-state index is 0.119. The molecule has 0 saturated carbocycles. The van der Waals surface area contributed by atoms with Gasteiger partial charge in [0.25, 0.3) is 5.69 Å². The number of carbonyl (C=O) groups is 1. The molecular formula is C17H19N3O5S2. The molecule has 10 heteroatoms. The topological polar surface area (TPSA) is 118 Å². The predicted molar refractivity (Wildman–Crippen MR) is 105 cm³/mol. The van der Waals surface area contributed by atoms with E-state index in [0.717, 1.165) is 17.2 Å². The Morgan fingerprint density at radius 2 is 1.85 bits per heavy atom. The van der Waals surface area contributed by atoms with E-state index in [1.165, 1.54) is 23.9 Å². The van der Waals surface area contributed by atoms with E-state index in [1.54, 1.807) is 0 Å². The van der Waals surface area contributed by atoms with Crippen LogP contribution in [0.1, 0.15) is 0 Å². The summed E-state index contributed by atoms with van der Waals surface area (Å²) in [5, 5.41) is 16.7. The first-order chi connectivity index (χ1) is 12.8. The highest BCUT2D eigenvalue weighted by molar-refractivity contribution is 8.00. The van der Waals surface area contributed by atoms with Crippen molar-refractivity contribution in [1.29, 1.82) is 0 Å². The number of thioether (sulfide) groups is 1. The third-order valence-electron chi connectivity index (χ3n) is 3.47. The van der Waals surface area contributed by atoms with Crippen molar-refractivity contribution >= 4 is 38.9 Å². The quantitative estimate of drug-likeness (QED) is 0.282. The first kappa shape index (κ1) is 20.7. The second-order valence-corrected chi connectivity index (χ2v) is 8.65. The lowest BCUT2D eigenvalue weighted by Gasteiger charge is -2.09. The molecule has 144 valence electrons. The number of nitrogens with one attached hydrogen (secondary N) is 2. The molecule has 27 heavy (non-hydrogen) atoms. The van der Waals surface area contributed by atoms with Gasteiger partial charge in [-0.05, 0) is 24.3 Å². The Hall–Kier alpha value is -2.59. The SMILES string of the molecule is CS(=O)(=O)c1ccc(NCCNC(=O)CSc2ccccc2)c([N+](=O)[O-])c1. The average molecular weight is 409 g/mol. The summed E-state index contributed by atoms with van der Waals surface area (Å²) in [6, 6.07) is 13.2. The molecule has 2 N–H and O–H groups in total. The number of benzene rings is 2. The van der Waals surface area contributed by atoms with E-state index in [-0.39, 0.29) is 41.0 Å². The van der Waals surface area contributed by atoms with Gasteiger partial charge in [0.1, 0.15) is 5.69 Å². The predicted octanol–water partition coefficient (Wildman–Crippen LogP) is 2.32. The molecule has 0 unspecified atom stereocenters. The highest BCUT2D eigenvalue weighted by atomic mass is 32.2. The van der Waals surface area contributed by atoms with Gasteiger partial charge < -0.3 is 10.6 Å². The van der Waals surface area contributed by atoms with Crippen LogP contribution in [0.4, 0.5) is 11.4 Å². The van der Waals surface area contributed by atoms with Crippen molar-refractivity contribution in [3.63, 3.8) is 0 Å². The molecular weight excluding hydrogens is 390 g/mol. The molecule has 2 aromatic carbocycles. The molecule has 0 atom stereocenters. The highest BCUT2D eigenvalue weighted by Crippen LogP contribution is 2.27. The van der Waals surface area contributed by atoms with Crippen LogP contribution in [0, 0.1) is 10.1 Å². The molecule has 0 spiro atoms. The van der Waals surface area contributed by atoms with Gasteiger partial charge in [-0.25, -0.2) is 8.42 Å². The lowest BCUT2D eigenvalue weighted by molar-refractivity contribution is -0.384. The summed E-state index contributed by atoms with van der Waals surface area (Å²) >= 11 is 1.41. The van der Waals surface area contributed by atoms with Crippen LogP contribution in [0.15, 0.2) is 58.3 Å². The summed E-state index contributed by atoms with van der Waals surface area (Å²) in [4.78, 5) is 23.2. The van der Waals surface area contributed by atoms with E-state index in [1.807, 2.05) is 30.3 Å². The second-order valence-electron chi connectivity index (χ2n) is 5.59. The molecule has 2 rings (SSSR count). The maximum absolute atomic E-state index is 11.8. The summed E-state index contributed by atoms with van der Waals surface area (Å²) in [6.07, 6.45) is 0.988. The van der Waals surface area contributed by atoms with Crippen LogP contribution >= 0.6 is 11.8 Å². The largest absolute Gasteiger partial charge is 0.378 e. The Balaban J connectivity index is 1.84. The maximum atomic E-state index is 11.8. The van der Waals surface area contributed by atoms with E-state index in [9.17, 15) is 23.3 Å². The molecule has 0 aliphatic heterocycles. The van der Waals surface area contributed by atoms with Gasteiger partial charge in [-0.2, -0.15) is 0 Å². The number of nitro groups is 1. The molecule has 0 aliphatic rings. The number of sulfone groups is 1. The number of rotatable bonds is 9. The Kier molecular flexibility index (Phi) is 7.19. The van der Waals surface area contributed by atoms with Crippen molar-refractivity contribution in [1.82, 2.24) is 5.32 Å². The lowest BCUT2D eigenvalue weighted by Crippen LogP contribution is -2.30. The standard InChI is InChI=1S/C17H19N3O5S2/c1-27(24,25)14-7-8-15(16(11-14)20(22)23)18-9-10-19-17(21)12-26-13-5-3-2-4-6-13/h2-8,11,18H,9-10,12H2,1H3,(H,19,21). The van der Waals surface area contributed by atoms with E-state index >= 15 is 0 Å².